The second-order valence-electron chi connectivity index (χ2n) is 5.34. The molecule has 0 aliphatic carbocycles. The molecule has 0 spiro atoms. The molecule has 0 fully saturated rings. The molecule has 0 amide bonds. The molecule has 24 heavy (non-hydrogen) atoms. The topological polar surface area (TPSA) is 135 Å². The molecule has 3 aromatic rings. The van der Waals surface area contributed by atoms with Gasteiger partial charge in [-0.05, 0) is 35.4 Å². The highest BCUT2D eigenvalue weighted by Gasteiger charge is 2.25. The smallest absolute Gasteiger partial charge is 0.320 e. The number of H-pyrrole nitrogens is 1. The van der Waals surface area contributed by atoms with E-state index in [-0.39, 0.29) is 12.1 Å². The van der Waals surface area contributed by atoms with Crippen molar-refractivity contribution < 1.29 is 14.8 Å². The number of nitro benzene ring substituents is 1. The number of carboxylic acid groups (broad SMARTS) is 1. The lowest BCUT2D eigenvalue weighted by atomic mass is 9.98. The first-order valence-corrected chi connectivity index (χ1v) is 7.15. The van der Waals surface area contributed by atoms with Gasteiger partial charge in [0, 0.05) is 25.0 Å². The third-order valence-electron chi connectivity index (χ3n) is 3.83. The number of benzene rings is 1. The summed E-state index contributed by atoms with van der Waals surface area (Å²) in [6.45, 7) is 0. The first-order chi connectivity index (χ1) is 11.5. The molecule has 0 aliphatic heterocycles. The van der Waals surface area contributed by atoms with Crippen LogP contribution in [0.3, 0.4) is 0 Å². The Morgan fingerprint density at radius 3 is 2.67 bits per heavy atom. The number of nitrogens with one attached hydrogen (secondary N) is 1. The average molecular weight is 326 g/mol. The average Bonchev–Trinajstić information content (AvgIpc) is 2.97. The van der Waals surface area contributed by atoms with E-state index in [9.17, 15) is 14.9 Å². The van der Waals surface area contributed by atoms with Gasteiger partial charge in [0.25, 0.3) is 5.69 Å². The molecule has 3 rings (SSSR count). The molecule has 0 saturated carbocycles. The lowest BCUT2D eigenvalue weighted by Gasteiger charge is -2.08. The minimum atomic E-state index is -1.16. The normalized spacial score (nSPS) is 12.2. The maximum Gasteiger partial charge on any atom is 0.320 e. The van der Waals surface area contributed by atoms with Gasteiger partial charge in [0.15, 0.2) is 0 Å². The molecule has 2 heterocycles. The molecule has 0 unspecified atom stereocenters. The molecule has 2 aromatic heterocycles. The van der Waals surface area contributed by atoms with Gasteiger partial charge in [-0.15, -0.1) is 0 Å². The van der Waals surface area contributed by atoms with E-state index in [1.54, 1.807) is 42.9 Å². The number of nitrogens with two attached hydrogens (primary N) is 1. The molecule has 0 radical (unpaired) electrons. The van der Waals surface area contributed by atoms with Crippen molar-refractivity contribution >= 4 is 22.6 Å². The lowest BCUT2D eigenvalue weighted by molar-refractivity contribution is -0.382. The first kappa shape index (κ1) is 15.6. The maximum absolute atomic E-state index is 11.7. The van der Waals surface area contributed by atoms with Gasteiger partial charge in [-0.1, -0.05) is 0 Å². The molecule has 8 heteroatoms. The number of fused-ring (bicyclic) bond motifs is 1. The number of nitro groups is 1. The summed E-state index contributed by atoms with van der Waals surface area (Å²) in [4.78, 5) is 29.1. The van der Waals surface area contributed by atoms with Crippen molar-refractivity contribution in [2.75, 3.05) is 0 Å². The van der Waals surface area contributed by atoms with E-state index in [1.165, 1.54) is 0 Å². The number of aromatic amines is 1. The van der Waals surface area contributed by atoms with E-state index in [4.69, 9.17) is 10.8 Å². The number of carboxylic acids is 1. The predicted molar refractivity (Wildman–Crippen MR) is 87.5 cm³/mol. The summed E-state index contributed by atoms with van der Waals surface area (Å²) >= 11 is 0. The Balaban J connectivity index is 2.23. The zero-order valence-electron chi connectivity index (χ0n) is 12.5. The van der Waals surface area contributed by atoms with Crippen LogP contribution in [0.15, 0.2) is 42.9 Å². The molecule has 1 atom stereocenters. The van der Waals surface area contributed by atoms with Crippen LogP contribution in [-0.4, -0.2) is 32.0 Å². The van der Waals surface area contributed by atoms with Crippen LogP contribution in [0.25, 0.3) is 22.0 Å². The number of carbonyl (C=O) groups is 1. The first-order valence-electron chi connectivity index (χ1n) is 7.15. The molecule has 0 saturated heterocycles. The van der Waals surface area contributed by atoms with Crippen LogP contribution < -0.4 is 5.73 Å². The summed E-state index contributed by atoms with van der Waals surface area (Å²) < 4.78 is 0. The van der Waals surface area contributed by atoms with E-state index >= 15 is 0 Å². The minimum Gasteiger partial charge on any atom is -0.480 e. The zero-order valence-corrected chi connectivity index (χ0v) is 12.5. The molecule has 8 nitrogen and oxygen atoms in total. The number of hydrogen-bond acceptors (Lipinski definition) is 5. The van der Waals surface area contributed by atoms with E-state index in [0.29, 0.717) is 27.6 Å². The standard InChI is InChI=1S/C16H14N4O4/c17-12(16(21)22)7-10-8-19-13-2-1-11(9-3-5-18-6-4-9)15(14(10)13)20(23)24/h1-6,8,12,19H,7,17H2,(H,21,22)/t12-/m0/s1. The Bertz CT molecular complexity index is 920. The highest BCUT2D eigenvalue weighted by Crippen LogP contribution is 2.38. The van der Waals surface area contributed by atoms with E-state index < -0.39 is 16.9 Å². The molecule has 0 aliphatic rings. The molecule has 4 N–H and O–H groups in total. The number of rotatable bonds is 5. The van der Waals surface area contributed by atoms with E-state index in [1.807, 2.05) is 0 Å². The van der Waals surface area contributed by atoms with Crippen LogP contribution in [0.5, 0.6) is 0 Å². The third kappa shape index (κ3) is 2.70. The summed E-state index contributed by atoms with van der Waals surface area (Å²) in [5, 5.41) is 21.1. The van der Waals surface area contributed by atoms with Crippen molar-refractivity contribution in [3.63, 3.8) is 0 Å². The number of nitrogens with zero attached hydrogens (tertiary/aromatic N) is 2. The Morgan fingerprint density at radius 1 is 1.33 bits per heavy atom. The third-order valence-corrected chi connectivity index (χ3v) is 3.83. The molecule has 0 bridgehead atoms. The maximum atomic E-state index is 11.7. The van der Waals surface area contributed by atoms with Gasteiger partial charge < -0.3 is 15.8 Å². The Kier molecular flexibility index (Phi) is 3.97. The van der Waals surface area contributed by atoms with Crippen LogP contribution in [0.1, 0.15) is 5.56 Å². The van der Waals surface area contributed by atoms with Gasteiger partial charge in [-0.2, -0.15) is 0 Å². The van der Waals surface area contributed by atoms with Crippen molar-refractivity contribution in [1.29, 1.82) is 0 Å². The SMILES string of the molecule is N[C@@H](Cc1c[nH]c2ccc(-c3ccncc3)c([N+](=O)[O-])c12)C(=O)O. The van der Waals surface area contributed by atoms with Gasteiger partial charge in [0.1, 0.15) is 6.04 Å². The summed E-state index contributed by atoms with van der Waals surface area (Å²) in [5.74, 6) is -1.16. The highest BCUT2D eigenvalue weighted by atomic mass is 16.6. The second-order valence-corrected chi connectivity index (χ2v) is 5.34. The fraction of sp³-hybridized carbons (Fsp3) is 0.125. The van der Waals surface area contributed by atoms with Crippen LogP contribution >= 0.6 is 0 Å². The Hall–Kier alpha value is -3.26. The number of aromatic nitrogens is 2. The Morgan fingerprint density at radius 2 is 2.04 bits per heavy atom. The predicted octanol–water partition coefficient (Wildman–Crippen LogP) is 2.09. The van der Waals surface area contributed by atoms with Crippen LogP contribution in [0.2, 0.25) is 0 Å². The molecule has 1 aromatic carbocycles. The van der Waals surface area contributed by atoms with Gasteiger partial charge in [0.05, 0.1) is 21.4 Å². The lowest BCUT2D eigenvalue weighted by Crippen LogP contribution is -2.32. The number of hydrogen-bond donors (Lipinski definition) is 3. The Labute approximate surface area is 136 Å². The van der Waals surface area contributed by atoms with Crippen molar-refractivity contribution in [2.45, 2.75) is 12.5 Å². The minimum absolute atomic E-state index is 0.00400. The van der Waals surface area contributed by atoms with Gasteiger partial charge in [0.2, 0.25) is 0 Å². The quantitative estimate of drug-likeness (QED) is 0.485. The molecular formula is C16H14N4O4. The van der Waals surface area contributed by atoms with Crippen LogP contribution in [0, 0.1) is 10.1 Å². The highest BCUT2D eigenvalue weighted by molar-refractivity contribution is 5.99. The van der Waals surface area contributed by atoms with Gasteiger partial charge in [-0.3, -0.25) is 19.9 Å². The summed E-state index contributed by atoms with van der Waals surface area (Å²) in [6, 6.07) is 5.63. The van der Waals surface area contributed by atoms with E-state index in [0.717, 1.165) is 0 Å². The summed E-state index contributed by atoms with van der Waals surface area (Å²) in [7, 11) is 0. The monoisotopic (exact) mass is 326 g/mol. The fourth-order valence-corrected chi connectivity index (χ4v) is 2.71. The molecule has 122 valence electrons. The van der Waals surface area contributed by atoms with E-state index in [2.05, 4.69) is 9.97 Å². The number of aliphatic carboxylic acids is 1. The zero-order chi connectivity index (χ0) is 17.3. The number of pyridine rings is 1. The van der Waals surface area contributed by atoms with Gasteiger partial charge >= 0.3 is 5.97 Å². The van der Waals surface area contributed by atoms with Crippen LogP contribution in [0.4, 0.5) is 5.69 Å². The summed E-state index contributed by atoms with van der Waals surface area (Å²) in [6.07, 6.45) is 4.68. The largest absolute Gasteiger partial charge is 0.480 e. The van der Waals surface area contributed by atoms with Crippen molar-refractivity contribution in [3.8, 4) is 11.1 Å². The summed E-state index contributed by atoms with van der Waals surface area (Å²) in [5.41, 5.74) is 7.68. The van der Waals surface area contributed by atoms with Gasteiger partial charge in [-0.25, -0.2) is 0 Å². The van der Waals surface area contributed by atoms with Crippen molar-refractivity contribution in [1.82, 2.24) is 9.97 Å². The van der Waals surface area contributed by atoms with Crippen molar-refractivity contribution in [3.05, 3.63) is 58.5 Å². The van der Waals surface area contributed by atoms with Crippen LogP contribution in [-0.2, 0) is 11.2 Å². The molecular weight excluding hydrogens is 312 g/mol. The van der Waals surface area contributed by atoms with Crippen molar-refractivity contribution in [2.24, 2.45) is 5.73 Å². The fourth-order valence-electron chi connectivity index (χ4n) is 2.71. The second kappa shape index (κ2) is 6.09.